The molecule has 2 saturated carbocycles. The van der Waals surface area contributed by atoms with Crippen LogP contribution in [-0.2, 0) is 58.9 Å². The highest BCUT2D eigenvalue weighted by Gasteiger charge is 2.34. The van der Waals surface area contributed by atoms with E-state index in [1.54, 1.807) is 84.9 Å². The lowest BCUT2D eigenvalue weighted by Crippen LogP contribution is -2.30. The number of fused-ring (bicyclic) bond motifs is 1. The van der Waals surface area contributed by atoms with Crippen molar-refractivity contribution in [1.29, 1.82) is 5.26 Å². The summed E-state index contributed by atoms with van der Waals surface area (Å²) in [5.41, 5.74) is 2.09. The van der Waals surface area contributed by atoms with Crippen molar-refractivity contribution in [3.8, 4) is 34.8 Å². The third kappa shape index (κ3) is 16.5. The van der Waals surface area contributed by atoms with Crippen molar-refractivity contribution < 1.29 is 76.2 Å². The van der Waals surface area contributed by atoms with Crippen LogP contribution in [0.25, 0.3) is 10.2 Å². The standard InChI is InChI=1S/C57H54N4O16S/c1-4-48(62)71-33-46(74-50(64)6-3)32-70-42-20-24-44(25-21-42)75-55(67)39-13-15-40(16-14-39)56(68)77-47-28-17-36(52-51(47)59-57(78-52)61-60-41-18-7-35(31-58)8-19-41)29-30-69-53(65)37-9-11-38(12-10-37)54(66)76-45-26-22-43(23-27-45)72-34-73-49(63)5-2/h4-8,17-28,37-40,46H,1-3,9-16,29-30,32-34H2. The number of ether oxygens (including phenoxy) is 9. The van der Waals surface area contributed by atoms with E-state index in [1.165, 1.54) is 11.3 Å². The van der Waals surface area contributed by atoms with Gasteiger partial charge in [0, 0.05) is 24.6 Å². The van der Waals surface area contributed by atoms with Crippen molar-refractivity contribution >= 4 is 74.2 Å². The van der Waals surface area contributed by atoms with Crippen molar-refractivity contribution in [2.24, 2.45) is 33.9 Å². The SMILES string of the molecule is C=CC(=O)OCOc1ccc(OC(=O)C2CCC(C(=O)OCCc3ccc(OC(=O)C4CCC(C(=O)Oc5ccc(OCC(COC(=O)C=C)OC(=O)C=C)cc5)CC4)c4nc(N=Nc5ccc(C#N)cc5)sc34)CC2)cc1. The second-order valence-corrected chi connectivity index (χ2v) is 18.8. The van der Waals surface area contributed by atoms with Crippen LogP contribution < -0.4 is 23.7 Å². The molecule has 0 radical (unpaired) electrons. The first-order valence-corrected chi connectivity index (χ1v) is 25.7. The van der Waals surface area contributed by atoms with Crippen LogP contribution in [0.2, 0.25) is 0 Å². The van der Waals surface area contributed by atoms with Gasteiger partial charge in [0.2, 0.25) is 11.9 Å². The van der Waals surface area contributed by atoms with Crippen LogP contribution in [-0.4, -0.2) is 79.5 Å². The minimum absolute atomic E-state index is 0.0474. The molecule has 4 aromatic carbocycles. The highest BCUT2D eigenvalue weighted by atomic mass is 32.1. The van der Waals surface area contributed by atoms with E-state index in [2.05, 4.69) is 41.0 Å². The van der Waals surface area contributed by atoms with Gasteiger partial charge in [-0.25, -0.2) is 19.4 Å². The van der Waals surface area contributed by atoms with Gasteiger partial charge in [-0.15, -0.1) is 10.2 Å². The Labute approximate surface area is 452 Å². The third-order valence-corrected chi connectivity index (χ3v) is 13.6. The van der Waals surface area contributed by atoms with Gasteiger partial charge >= 0.3 is 41.8 Å². The lowest BCUT2D eigenvalue weighted by Gasteiger charge is -2.26. The van der Waals surface area contributed by atoms with E-state index in [1.807, 2.05) is 0 Å². The Morgan fingerprint density at radius 2 is 1.10 bits per heavy atom. The molecule has 7 rings (SSSR count). The lowest BCUT2D eigenvalue weighted by molar-refractivity contribution is -0.154. The molecule has 0 aliphatic heterocycles. The number of hydrogen-bond acceptors (Lipinski definition) is 21. The third-order valence-electron chi connectivity index (χ3n) is 12.6. The van der Waals surface area contributed by atoms with Gasteiger partial charge < -0.3 is 42.6 Å². The maximum Gasteiger partial charge on any atom is 0.333 e. The highest BCUT2D eigenvalue weighted by molar-refractivity contribution is 7.22. The first-order chi connectivity index (χ1) is 37.8. The van der Waals surface area contributed by atoms with Crippen LogP contribution in [0.1, 0.15) is 62.5 Å². The number of esters is 7. The zero-order valence-electron chi connectivity index (χ0n) is 42.2. The summed E-state index contributed by atoms with van der Waals surface area (Å²) in [5, 5.41) is 18.1. The zero-order valence-corrected chi connectivity index (χ0v) is 43.1. The predicted molar refractivity (Wildman–Crippen MR) is 279 cm³/mol. The maximum atomic E-state index is 13.7. The smallest absolute Gasteiger partial charge is 0.333 e. The molecule has 78 heavy (non-hydrogen) atoms. The van der Waals surface area contributed by atoms with Gasteiger partial charge in [-0.2, -0.15) is 5.26 Å². The second kappa shape index (κ2) is 28.2. The van der Waals surface area contributed by atoms with Crippen molar-refractivity contribution in [3.63, 3.8) is 0 Å². The number of azo groups is 1. The van der Waals surface area contributed by atoms with Crippen molar-refractivity contribution in [3.05, 3.63) is 134 Å². The summed E-state index contributed by atoms with van der Waals surface area (Å²) < 4.78 is 49.6. The lowest BCUT2D eigenvalue weighted by atomic mass is 9.82. The Hall–Kier alpha value is -9.03. The van der Waals surface area contributed by atoms with Gasteiger partial charge in [-0.3, -0.25) is 19.2 Å². The van der Waals surface area contributed by atoms with Crippen molar-refractivity contribution in [2.45, 2.75) is 63.9 Å². The van der Waals surface area contributed by atoms with E-state index in [9.17, 15) is 38.8 Å². The molecule has 1 heterocycles. The highest BCUT2D eigenvalue weighted by Crippen LogP contribution is 2.39. The molecule has 1 unspecified atom stereocenters. The molecule has 0 N–H and O–H groups in total. The van der Waals surface area contributed by atoms with E-state index in [0.29, 0.717) is 96.5 Å². The fourth-order valence-electron chi connectivity index (χ4n) is 8.32. The summed E-state index contributed by atoms with van der Waals surface area (Å²) in [5.74, 6) is -3.92. The predicted octanol–water partition coefficient (Wildman–Crippen LogP) is 9.67. The number of carbonyl (C=O) groups excluding carboxylic acids is 7. The van der Waals surface area contributed by atoms with Crippen LogP contribution in [0.3, 0.4) is 0 Å². The minimum Gasteiger partial charge on any atom is -0.490 e. The van der Waals surface area contributed by atoms with Gasteiger partial charge in [0.1, 0.15) is 41.7 Å². The molecular weight excluding hydrogens is 1030 g/mol. The number of thiazole rings is 1. The molecular formula is C57H54N4O16S. The molecule has 2 aliphatic rings. The van der Waals surface area contributed by atoms with Crippen LogP contribution >= 0.6 is 11.3 Å². The summed E-state index contributed by atoms with van der Waals surface area (Å²) in [6.07, 6.45) is 5.64. The number of aromatic nitrogens is 1. The number of hydrogen-bond donors (Lipinski definition) is 0. The van der Waals surface area contributed by atoms with Crippen LogP contribution in [0.5, 0.6) is 28.7 Å². The van der Waals surface area contributed by atoms with E-state index in [4.69, 9.17) is 42.6 Å². The second-order valence-electron chi connectivity index (χ2n) is 17.8. The number of carbonyl (C=O) groups is 7. The monoisotopic (exact) mass is 1080 g/mol. The van der Waals surface area contributed by atoms with E-state index >= 15 is 0 Å². The average molecular weight is 1080 g/mol. The molecule has 0 spiro atoms. The molecule has 1 atom stereocenters. The Bertz CT molecular complexity index is 3060. The van der Waals surface area contributed by atoms with Gasteiger partial charge in [0.05, 0.1) is 52.3 Å². The molecule has 404 valence electrons. The largest absolute Gasteiger partial charge is 0.490 e. The molecule has 21 heteroatoms. The van der Waals surface area contributed by atoms with Gasteiger partial charge in [-0.05, 0) is 136 Å². The summed E-state index contributed by atoms with van der Waals surface area (Å²) in [6.45, 7) is 9.35. The maximum absolute atomic E-state index is 13.7. The fraction of sp³-hybridized carbons (Fsp3) is 0.316. The molecule has 0 bridgehead atoms. The minimum atomic E-state index is -0.925. The van der Waals surface area contributed by atoms with Gasteiger partial charge in [0.15, 0.2) is 11.9 Å². The Morgan fingerprint density at radius 1 is 0.590 bits per heavy atom. The number of rotatable bonds is 24. The number of benzene rings is 4. The first kappa shape index (κ1) is 56.7. The first-order valence-electron chi connectivity index (χ1n) is 24.8. The zero-order chi connectivity index (χ0) is 55.4. The van der Waals surface area contributed by atoms with Crippen molar-refractivity contribution in [1.82, 2.24) is 4.98 Å². The summed E-state index contributed by atoms with van der Waals surface area (Å²) in [7, 11) is 0. The molecule has 2 fully saturated rings. The van der Waals surface area contributed by atoms with E-state index in [-0.39, 0.29) is 49.2 Å². The summed E-state index contributed by atoms with van der Waals surface area (Å²) in [6, 6.07) is 24.5. The van der Waals surface area contributed by atoms with Crippen LogP contribution in [0.15, 0.2) is 133 Å². The number of nitrogens with zero attached hydrogens (tertiary/aromatic N) is 4. The summed E-state index contributed by atoms with van der Waals surface area (Å²) >= 11 is 1.22. The Balaban J connectivity index is 0.902. The van der Waals surface area contributed by atoms with E-state index in [0.717, 1.165) is 23.8 Å². The fourth-order valence-corrected chi connectivity index (χ4v) is 9.27. The summed E-state index contributed by atoms with van der Waals surface area (Å²) in [4.78, 5) is 92.3. The quantitative estimate of drug-likeness (QED) is 0.0139. The number of nitriles is 1. The van der Waals surface area contributed by atoms with Crippen LogP contribution in [0.4, 0.5) is 10.8 Å². The van der Waals surface area contributed by atoms with Gasteiger partial charge in [-0.1, -0.05) is 37.1 Å². The topological polar surface area (TPSA) is 264 Å². The van der Waals surface area contributed by atoms with Crippen molar-refractivity contribution in [2.75, 3.05) is 26.6 Å². The van der Waals surface area contributed by atoms with Crippen LogP contribution in [0, 0.1) is 35.0 Å². The Morgan fingerprint density at radius 3 is 1.65 bits per heavy atom. The van der Waals surface area contributed by atoms with Gasteiger partial charge in [0.25, 0.3) is 0 Å². The molecule has 1 aromatic heterocycles. The molecule has 0 saturated heterocycles. The molecule has 0 amide bonds. The Kier molecular flexibility index (Phi) is 20.5. The molecule has 5 aromatic rings. The van der Waals surface area contributed by atoms with E-state index < -0.39 is 65.6 Å². The molecule has 2 aliphatic carbocycles. The average Bonchev–Trinajstić information content (AvgIpc) is 3.96. The molecule has 20 nitrogen and oxygen atoms in total. The normalized spacial score (nSPS) is 17.2.